The van der Waals surface area contributed by atoms with Crippen LogP contribution in [0.15, 0.2) is 18.2 Å². The number of benzene rings is 1. The Morgan fingerprint density at radius 3 is 2.57 bits per heavy atom. The van der Waals surface area contributed by atoms with Crippen LogP contribution in [0.25, 0.3) is 0 Å². The molecule has 0 saturated carbocycles. The lowest BCUT2D eigenvalue weighted by Crippen LogP contribution is -2.47. The van der Waals surface area contributed by atoms with Crippen LogP contribution in [0.3, 0.4) is 0 Å². The highest BCUT2D eigenvalue weighted by Crippen LogP contribution is 2.44. The number of amides is 2. The molecule has 1 aromatic rings. The van der Waals surface area contributed by atoms with E-state index in [1.165, 1.54) is 4.90 Å². The Balaban J connectivity index is 1.89. The number of carbonyl (C=O) groups is 3. The van der Waals surface area contributed by atoms with Gasteiger partial charge in [0.15, 0.2) is 0 Å². The summed E-state index contributed by atoms with van der Waals surface area (Å²) in [5.74, 6) is -2.69. The summed E-state index contributed by atoms with van der Waals surface area (Å²) in [6.07, 6.45) is 1.61. The van der Waals surface area contributed by atoms with Crippen LogP contribution in [0, 0.1) is 16.7 Å². The van der Waals surface area contributed by atoms with Crippen molar-refractivity contribution in [3.63, 3.8) is 0 Å². The molecule has 1 aliphatic heterocycles. The minimum Gasteiger partial charge on any atom is -0.481 e. The third-order valence-electron chi connectivity index (χ3n) is 6.08. The summed E-state index contributed by atoms with van der Waals surface area (Å²) in [7, 11) is 0. The van der Waals surface area contributed by atoms with Gasteiger partial charge in [-0.25, -0.2) is 0 Å². The van der Waals surface area contributed by atoms with Crippen molar-refractivity contribution in [3.8, 4) is 0 Å². The zero-order valence-corrected chi connectivity index (χ0v) is 15.5. The van der Waals surface area contributed by atoms with Crippen molar-refractivity contribution in [1.29, 1.82) is 5.41 Å². The van der Waals surface area contributed by atoms with Crippen LogP contribution in [0.4, 0.5) is 0 Å². The van der Waals surface area contributed by atoms with E-state index in [1.807, 2.05) is 12.1 Å². The number of nitrogens with zero attached hydrogens (tertiary/aromatic N) is 1. The van der Waals surface area contributed by atoms with Gasteiger partial charge in [-0.1, -0.05) is 12.1 Å². The lowest BCUT2D eigenvalue weighted by Gasteiger charge is -2.34. The van der Waals surface area contributed by atoms with Gasteiger partial charge < -0.3 is 27.2 Å². The second-order valence-corrected chi connectivity index (χ2v) is 7.65. The Labute approximate surface area is 162 Å². The van der Waals surface area contributed by atoms with Crippen molar-refractivity contribution in [1.82, 2.24) is 4.90 Å². The molecule has 0 bridgehead atoms. The predicted octanol–water partition coefficient (Wildman–Crippen LogP) is -0.461. The monoisotopic (exact) mass is 387 g/mol. The van der Waals surface area contributed by atoms with Crippen molar-refractivity contribution >= 4 is 23.6 Å². The summed E-state index contributed by atoms with van der Waals surface area (Å²) in [6.45, 7) is -0.0925. The molecule has 1 saturated heterocycles. The fourth-order valence-electron chi connectivity index (χ4n) is 4.60. The minimum absolute atomic E-state index is 0.0144. The summed E-state index contributed by atoms with van der Waals surface area (Å²) in [5, 5.41) is 16.8. The first kappa shape index (κ1) is 19.8. The fourth-order valence-corrected chi connectivity index (χ4v) is 4.60. The fraction of sp³-hybridized carbons (Fsp3) is 0.474. The Kier molecular flexibility index (Phi) is 5.12. The van der Waals surface area contributed by atoms with Crippen LogP contribution in [0.2, 0.25) is 0 Å². The molecule has 1 heterocycles. The lowest BCUT2D eigenvalue weighted by atomic mass is 9.74. The molecule has 28 heavy (non-hydrogen) atoms. The molecule has 0 aromatic heterocycles. The van der Waals surface area contributed by atoms with E-state index in [0.29, 0.717) is 12.0 Å². The average molecular weight is 387 g/mol. The second-order valence-electron chi connectivity index (χ2n) is 7.65. The number of hydrogen-bond donors (Lipinski definition) is 5. The van der Waals surface area contributed by atoms with Crippen molar-refractivity contribution in [3.05, 3.63) is 34.9 Å². The first-order valence-electron chi connectivity index (χ1n) is 9.18. The Morgan fingerprint density at radius 1 is 1.29 bits per heavy atom. The maximum atomic E-state index is 12.9. The number of carbonyl (C=O) groups excluding carboxylic acids is 2. The van der Waals surface area contributed by atoms with E-state index < -0.39 is 29.6 Å². The quantitative estimate of drug-likeness (QED) is 0.250. The van der Waals surface area contributed by atoms with Gasteiger partial charge in [-0.3, -0.25) is 19.8 Å². The summed E-state index contributed by atoms with van der Waals surface area (Å²) in [6, 6.07) is 5.29. The van der Waals surface area contributed by atoms with E-state index in [9.17, 15) is 19.5 Å². The summed E-state index contributed by atoms with van der Waals surface area (Å²) in [4.78, 5) is 37.7. The number of rotatable bonds is 6. The van der Waals surface area contributed by atoms with Crippen LogP contribution >= 0.6 is 0 Å². The van der Waals surface area contributed by atoms with Gasteiger partial charge in [0.25, 0.3) is 0 Å². The van der Waals surface area contributed by atoms with Gasteiger partial charge in [-0.15, -0.1) is 0 Å². The number of carboxylic acids is 1. The van der Waals surface area contributed by atoms with Crippen molar-refractivity contribution in [2.24, 2.45) is 28.5 Å². The molecule has 3 rings (SSSR count). The molecule has 0 spiro atoms. The number of aliphatic carboxylic acids is 1. The Hall–Kier alpha value is -2.94. The molecular weight excluding hydrogens is 362 g/mol. The zero-order chi connectivity index (χ0) is 20.6. The SMILES string of the molecule is N=C(N)c1ccc2c(c1)CCC([C@@H]1C[C@](CC(=O)O)(C(N)=O)C(=O)N1CN)C2. The van der Waals surface area contributed by atoms with E-state index >= 15 is 0 Å². The second kappa shape index (κ2) is 7.23. The highest BCUT2D eigenvalue weighted by Gasteiger charge is 2.58. The number of carboxylic acid groups (broad SMARTS) is 1. The molecule has 1 aromatic carbocycles. The van der Waals surface area contributed by atoms with Crippen LogP contribution < -0.4 is 17.2 Å². The van der Waals surface area contributed by atoms with Gasteiger partial charge in [0, 0.05) is 11.6 Å². The molecule has 2 amide bonds. The van der Waals surface area contributed by atoms with Gasteiger partial charge >= 0.3 is 5.97 Å². The third-order valence-corrected chi connectivity index (χ3v) is 6.08. The third kappa shape index (κ3) is 3.22. The van der Waals surface area contributed by atoms with E-state index in [-0.39, 0.29) is 30.9 Å². The maximum Gasteiger partial charge on any atom is 0.304 e. The molecule has 0 radical (unpaired) electrons. The minimum atomic E-state index is -1.74. The van der Waals surface area contributed by atoms with E-state index in [0.717, 1.165) is 24.0 Å². The summed E-state index contributed by atoms with van der Waals surface area (Å²) in [5.41, 5.74) is 18.0. The standard InChI is InChI=1S/C19H25N5O4/c20-9-24-14(7-19(17(23)27,18(24)28)8-15(25)26)12-3-1-11-6-13(16(21)22)4-2-10(11)5-12/h2,4,6,12,14H,1,3,5,7-9,20H2,(H3,21,22)(H2,23,27)(H,25,26)/t12?,14-,19-/m0/s1. The normalized spacial score (nSPS) is 26.8. The number of nitrogens with one attached hydrogen (secondary N) is 1. The van der Waals surface area contributed by atoms with Crippen LogP contribution in [0.5, 0.6) is 0 Å². The van der Waals surface area contributed by atoms with Crippen LogP contribution in [0.1, 0.15) is 36.0 Å². The molecule has 1 unspecified atom stereocenters. The number of amidine groups is 1. The van der Waals surface area contributed by atoms with Crippen molar-refractivity contribution < 1.29 is 19.5 Å². The maximum absolute atomic E-state index is 12.9. The molecule has 150 valence electrons. The van der Waals surface area contributed by atoms with Gasteiger partial charge in [0.05, 0.1) is 13.1 Å². The smallest absolute Gasteiger partial charge is 0.304 e. The van der Waals surface area contributed by atoms with Crippen LogP contribution in [-0.2, 0) is 27.2 Å². The number of likely N-dealkylation sites (tertiary alicyclic amines) is 1. The molecule has 9 nitrogen and oxygen atoms in total. The number of primary amides is 1. The molecule has 2 aliphatic rings. The number of hydrogen-bond acceptors (Lipinski definition) is 5. The lowest BCUT2D eigenvalue weighted by molar-refractivity contribution is -0.152. The first-order valence-corrected chi connectivity index (χ1v) is 9.18. The predicted molar refractivity (Wildman–Crippen MR) is 101 cm³/mol. The van der Waals surface area contributed by atoms with Gasteiger partial charge in [0.2, 0.25) is 11.8 Å². The highest BCUT2D eigenvalue weighted by atomic mass is 16.4. The van der Waals surface area contributed by atoms with Gasteiger partial charge in [-0.05, 0) is 48.8 Å². The van der Waals surface area contributed by atoms with E-state index in [1.54, 1.807) is 6.07 Å². The van der Waals surface area contributed by atoms with Gasteiger partial charge in [0.1, 0.15) is 11.3 Å². The number of nitrogen functional groups attached to an aromatic ring is 1. The number of fused-ring (bicyclic) bond motifs is 1. The van der Waals surface area contributed by atoms with Crippen molar-refractivity contribution in [2.45, 2.75) is 38.1 Å². The number of nitrogens with two attached hydrogens (primary N) is 3. The molecule has 3 atom stereocenters. The molecule has 1 aliphatic carbocycles. The topological polar surface area (TPSA) is 177 Å². The van der Waals surface area contributed by atoms with Crippen LogP contribution in [-0.4, -0.2) is 46.3 Å². The Bertz CT molecular complexity index is 855. The van der Waals surface area contributed by atoms with Gasteiger partial charge in [-0.2, -0.15) is 0 Å². The Morgan fingerprint density at radius 2 is 2.00 bits per heavy atom. The van der Waals surface area contributed by atoms with E-state index in [4.69, 9.17) is 22.6 Å². The zero-order valence-electron chi connectivity index (χ0n) is 15.5. The van der Waals surface area contributed by atoms with Crippen molar-refractivity contribution in [2.75, 3.05) is 6.67 Å². The molecule has 8 N–H and O–H groups in total. The summed E-state index contributed by atoms with van der Waals surface area (Å²) < 4.78 is 0. The molecular formula is C19H25N5O4. The highest BCUT2D eigenvalue weighted by molar-refractivity contribution is 6.08. The first-order chi connectivity index (χ1) is 13.2. The molecule has 9 heteroatoms. The largest absolute Gasteiger partial charge is 0.481 e. The average Bonchev–Trinajstić information content (AvgIpc) is 2.93. The number of aryl methyl sites for hydroxylation is 1. The summed E-state index contributed by atoms with van der Waals surface area (Å²) >= 11 is 0. The van der Waals surface area contributed by atoms with E-state index in [2.05, 4.69) is 0 Å². The molecule has 1 fully saturated rings.